The predicted octanol–water partition coefficient (Wildman–Crippen LogP) is 2.55. The zero-order valence-corrected chi connectivity index (χ0v) is 14.4. The number of nitrogens with one attached hydrogen (secondary N) is 2. The van der Waals surface area contributed by atoms with Crippen LogP contribution in [0.3, 0.4) is 0 Å². The quantitative estimate of drug-likeness (QED) is 0.511. The molecule has 7 heteroatoms. The molecule has 0 amide bonds. The van der Waals surface area contributed by atoms with Gasteiger partial charge in [-0.1, -0.05) is 6.07 Å². The summed E-state index contributed by atoms with van der Waals surface area (Å²) in [7, 11) is 1.92. The lowest BCUT2D eigenvalue weighted by Crippen LogP contribution is -2.38. The Morgan fingerprint density at radius 2 is 2.25 bits per heavy atom. The molecule has 0 bridgehead atoms. The van der Waals surface area contributed by atoms with Crippen LogP contribution < -0.4 is 10.6 Å². The lowest BCUT2D eigenvalue weighted by Gasteiger charge is -2.11. The fraction of sp³-hybridized carbons (Fsp3) is 0.294. The molecule has 0 atom stereocenters. The Labute approximate surface area is 145 Å². The van der Waals surface area contributed by atoms with E-state index < -0.39 is 0 Å². The smallest absolute Gasteiger partial charge is 0.191 e. The van der Waals surface area contributed by atoms with Gasteiger partial charge in [0.2, 0.25) is 0 Å². The van der Waals surface area contributed by atoms with Crippen LogP contribution in [0, 0.1) is 0 Å². The summed E-state index contributed by atoms with van der Waals surface area (Å²) in [5.74, 6) is 1.75. The van der Waals surface area contributed by atoms with E-state index >= 15 is 0 Å². The van der Waals surface area contributed by atoms with E-state index in [1.807, 2.05) is 29.9 Å². The minimum Gasteiger partial charge on any atom is -0.469 e. The van der Waals surface area contributed by atoms with E-state index in [0.29, 0.717) is 6.54 Å². The second-order valence-corrected chi connectivity index (χ2v) is 6.33. The molecule has 0 radical (unpaired) electrons. The number of thiophene rings is 1. The molecule has 0 saturated heterocycles. The maximum atomic E-state index is 5.36. The van der Waals surface area contributed by atoms with Crippen molar-refractivity contribution in [2.75, 3.05) is 6.54 Å². The first-order valence-corrected chi connectivity index (χ1v) is 8.73. The molecule has 3 aromatic heterocycles. The minimum atomic E-state index is 0.580. The van der Waals surface area contributed by atoms with Crippen LogP contribution in [0.25, 0.3) is 0 Å². The lowest BCUT2D eigenvalue weighted by atomic mass is 10.3. The van der Waals surface area contributed by atoms with Crippen molar-refractivity contribution in [2.45, 2.75) is 19.5 Å². The first-order valence-electron chi connectivity index (χ1n) is 7.85. The summed E-state index contributed by atoms with van der Waals surface area (Å²) in [5.41, 5.74) is 1.07. The van der Waals surface area contributed by atoms with Crippen molar-refractivity contribution in [1.82, 2.24) is 20.4 Å². The summed E-state index contributed by atoms with van der Waals surface area (Å²) >= 11 is 1.73. The zero-order chi connectivity index (χ0) is 16.6. The minimum absolute atomic E-state index is 0.580. The van der Waals surface area contributed by atoms with Gasteiger partial charge >= 0.3 is 0 Å². The van der Waals surface area contributed by atoms with Crippen LogP contribution in [0.15, 0.2) is 57.6 Å². The standard InChI is InChI=1S/C17H21N5OS/c1-22-14(6-9-21-22)12-19-17(20-13-16-5-3-11-24-16)18-8-7-15-4-2-10-23-15/h2-6,9-11H,7-8,12-13H2,1H3,(H2,18,19,20). The number of aryl methyl sites for hydroxylation is 1. The van der Waals surface area contributed by atoms with Gasteiger partial charge in [-0.3, -0.25) is 4.68 Å². The highest BCUT2D eigenvalue weighted by molar-refractivity contribution is 7.09. The van der Waals surface area contributed by atoms with Crippen molar-refractivity contribution in [3.05, 3.63) is 64.5 Å². The van der Waals surface area contributed by atoms with Crippen LogP contribution in [0.4, 0.5) is 0 Å². The summed E-state index contributed by atoms with van der Waals surface area (Å²) in [6.07, 6.45) is 4.30. The van der Waals surface area contributed by atoms with E-state index in [4.69, 9.17) is 4.42 Å². The molecule has 0 aliphatic heterocycles. The average Bonchev–Trinajstić information content (AvgIpc) is 3.33. The molecule has 0 aliphatic carbocycles. The van der Waals surface area contributed by atoms with Crippen molar-refractivity contribution in [3.63, 3.8) is 0 Å². The molecule has 24 heavy (non-hydrogen) atoms. The summed E-state index contributed by atoms with van der Waals surface area (Å²) < 4.78 is 7.20. The van der Waals surface area contributed by atoms with E-state index in [1.165, 1.54) is 4.88 Å². The predicted molar refractivity (Wildman–Crippen MR) is 95.9 cm³/mol. The third-order valence-corrected chi connectivity index (χ3v) is 4.45. The molecule has 0 fully saturated rings. The van der Waals surface area contributed by atoms with Gasteiger partial charge in [-0.05, 0) is 29.6 Å². The maximum Gasteiger partial charge on any atom is 0.191 e. The molecule has 3 rings (SSSR count). The Morgan fingerprint density at radius 1 is 1.29 bits per heavy atom. The number of furan rings is 1. The summed E-state index contributed by atoms with van der Waals surface area (Å²) in [5, 5.41) is 13.0. The summed E-state index contributed by atoms with van der Waals surface area (Å²) in [4.78, 5) is 5.93. The number of hydrogen-bond donors (Lipinski definition) is 2. The third-order valence-electron chi connectivity index (χ3n) is 3.58. The van der Waals surface area contributed by atoms with Gasteiger partial charge in [0.15, 0.2) is 5.96 Å². The Hall–Kier alpha value is -2.54. The van der Waals surface area contributed by atoms with Gasteiger partial charge in [0, 0.05) is 31.1 Å². The van der Waals surface area contributed by atoms with Gasteiger partial charge in [-0.25, -0.2) is 4.99 Å². The fourth-order valence-electron chi connectivity index (χ4n) is 2.23. The monoisotopic (exact) mass is 343 g/mol. The molecule has 0 aliphatic rings. The van der Waals surface area contributed by atoms with E-state index in [1.54, 1.807) is 23.8 Å². The number of aliphatic imine (C=N–C) groups is 1. The molecule has 6 nitrogen and oxygen atoms in total. The largest absolute Gasteiger partial charge is 0.469 e. The van der Waals surface area contributed by atoms with Crippen LogP contribution in [0.5, 0.6) is 0 Å². The van der Waals surface area contributed by atoms with Crippen molar-refractivity contribution >= 4 is 17.3 Å². The molecule has 0 spiro atoms. The average molecular weight is 343 g/mol. The molecule has 0 aromatic carbocycles. The Kier molecular flexibility index (Phi) is 5.68. The Balaban J connectivity index is 1.57. The maximum absolute atomic E-state index is 5.36. The van der Waals surface area contributed by atoms with Gasteiger partial charge in [0.05, 0.1) is 25.0 Å². The van der Waals surface area contributed by atoms with Gasteiger partial charge in [0.1, 0.15) is 5.76 Å². The van der Waals surface area contributed by atoms with E-state index in [-0.39, 0.29) is 0 Å². The third kappa shape index (κ3) is 4.73. The molecule has 3 heterocycles. The number of guanidine groups is 1. The van der Waals surface area contributed by atoms with E-state index in [9.17, 15) is 0 Å². The topological polar surface area (TPSA) is 67.4 Å². The number of nitrogens with zero attached hydrogens (tertiary/aromatic N) is 3. The highest BCUT2D eigenvalue weighted by Gasteiger charge is 2.03. The second kappa shape index (κ2) is 8.35. The van der Waals surface area contributed by atoms with Crippen molar-refractivity contribution in [1.29, 1.82) is 0 Å². The highest BCUT2D eigenvalue weighted by Crippen LogP contribution is 2.07. The van der Waals surface area contributed by atoms with Crippen LogP contribution in [-0.4, -0.2) is 22.3 Å². The molecule has 0 saturated carbocycles. The van der Waals surface area contributed by atoms with E-state index in [0.717, 1.165) is 36.9 Å². The molecule has 3 aromatic rings. The fourth-order valence-corrected chi connectivity index (χ4v) is 2.88. The van der Waals surface area contributed by atoms with Gasteiger partial charge in [0.25, 0.3) is 0 Å². The molecular weight excluding hydrogens is 322 g/mol. The van der Waals surface area contributed by atoms with Crippen molar-refractivity contribution in [2.24, 2.45) is 12.0 Å². The lowest BCUT2D eigenvalue weighted by molar-refractivity contribution is 0.506. The van der Waals surface area contributed by atoms with Crippen LogP contribution in [0.1, 0.15) is 16.3 Å². The van der Waals surface area contributed by atoms with Gasteiger partial charge in [-0.2, -0.15) is 5.10 Å². The number of hydrogen-bond acceptors (Lipinski definition) is 4. The van der Waals surface area contributed by atoms with E-state index in [2.05, 4.69) is 38.2 Å². The molecular formula is C17H21N5OS. The summed E-state index contributed by atoms with van der Waals surface area (Å²) in [6, 6.07) is 10.0. The first-order chi connectivity index (χ1) is 11.8. The van der Waals surface area contributed by atoms with Crippen LogP contribution in [-0.2, 0) is 26.6 Å². The van der Waals surface area contributed by atoms with Gasteiger partial charge < -0.3 is 15.1 Å². The Morgan fingerprint density at radius 3 is 2.96 bits per heavy atom. The summed E-state index contributed by atoms with van der Waals surface area (Å²) in [6.45, 7) is 2.10. The van der Waals surface area contributed by atoms with Crippen molar-refractivity contribution < 1.29 is 4.42 Å². The molecule has 0 unspecified atom stereocenters. The SMILES string of the molecule is Cn1nccc1CN=C(NCCc1ccco1)NCc1cccs1. The zero-order valence-electron chi connectivity index (χ0n) is 13.6. The number of rotatable bonds is 7. The van der Waals surface area contributed by atoms with Gasteiger partial charge in [-0.15, -0.1) is 11.3 Å². The number of aromatic nitrogens is 2. The second-order valence-electron chi connectivity index (χ2n) is 5.30. The van der Waals surface area contributed by atoms with Crippen LogP contribution in [0.2, 0.25) is 0 Å². The Bertz CT molecular complexity index is 746. The van der Waals surface area contributed by atoms with Crippen molar-refractivity contribution in [3.8, 4) is 0 Å². The highest BCUT2D eigenvalue weighted by atomic mass is 32.1. The normalized spacial score (nSPS) is 11.6. The van der Waals surface area contributed by atoms with Crippen LogP contribution >= 0.6 is 11.3 Å². The molecule has 126 valence electrons. The first kappa shape index (κ1) is 16.3. The molecule has 2 N–H and O–H groups in total.